The van der Waals surface area contributed by atoms with Gasteiger partial charge in [0.15, 0.2) is 0 Å². The van der Waals surface area contributed by atoms with Crippen molar-refractivity contribution in [2.45, 2.75) is 32.6 Å². The smallest absolute Gasteiger partial charge is 0.253 e. The maximum Gasteiger partial charge on any atom is 0.253 e. The minimum absolute atomic E-state index is 0.000418. The maximum atomic E-state index is 12.7. The first kappa shape index (κ1) is 15.1. The van der Waals surface area contributed by atoms with E-state index in [2.05, 4.69) is 5.32 Å². The third-order valence-electron chi connectivity index (χ3n) is 5.41. The Morgan fingerprint density at radius 2 is 2.14 bits per heavy atom. The van der Waals surface area contributed by atoms with Crippen LogP contribution in [-0.2, 0) is 4.79 Å². The Morgan fingerprint density at radius 1 is 1.32 bits per heavy atom. The Balaban J connectivity index is 1.77. The Labute approximate surface area is 131 Å². The van der Waals surface area contributed by atoms with E-state index in [-0.39, 0.29) is 23.1 Å². The van der Waals surface area contributed by atoms with Crippen LogP contribution in [0.5, 0.6) is 0 Å². The third-order valence-corrected chi connectivity index (χ3v) is 5.41. The van der Waals surface area contributed by atoms with Crippen LogP contribution in [0, 0.1) is 18.3 Å². The van der Waals surface area contributed by atoms with E-state index in [9.17, 15) is 9.59 Å². The first-order chi connectivity index (χ1) is 10.6. The first-order valence-corrected chi connectivity index (χ1v) is 8.13. The van der Waals surface area contributed by atoms with Gasteiger partial charge in [-0.3, -0.25) is 9.59 Å². The zero-order chi connectivity index (χ0) is 15.7. The van der Waals surface area contributed by atoms with Gasteiger partial charge in [-0.1, -0.05) is 24.1 Å². The van der Waals surface area contributed by atoms with Gasteiger partial charge in [0.2, 0.25) is 5.91 Å². The standard InChI is InChI=1S/C18H24N2O2/c1-13-5-3-6-14(11-13)17(22)20-10-9-18(12-20)8-4-7-15(18)16(21)19-2/h3,5-6,11,15H,4,7-10,12H2,1-2H3,(H,19,21)/t15-,18-/m1/s1. The molecule has 2 atom stereocenters. The molecule has 3 rings (SSSR count). The largest absolute Gasteiger partial charge is 0.359 e. The first-order valence-electron chi connectivity index (χ1n) is 8.13. The molecule has 1 saturated carbocycles. The normalized spacial score (nSPS) is 27.4. The lowest BCUT2D eigenvalue weighted by Gasteiger charge is -2.30. The average molecular weight is 300 g/mol. The maximum absolute atomic E-state index is 12.7. The molecule has 1 saturated heterocycles. The quantitative estimate of drug-likeness (QED) is 0.911. The van der Waals surface area contributed by atoms with Crippen LogP contribution in [0.2, 0.25) is 0 Å². The Hall–Kier alpha value is -1.84. The van der Waals surface area contributed by atoms with Crippen LogP contribution < -0.4 is 5.32 Å². The summed E-state index contributed by atoms with van der Waals surface area (Å²) in [6.07, 6.45) is 4.04. The van der Waals surface area contributed by atoms with Gasteiger partial charge in [0.05, 0.1) is 0 Å². The van der Waals surface area contributed by atoms with Crippen molar-refractivity contribution in [2.75, 3.05) is 20.1 Å². The molecule has 0 radical (unpaired) electrons. The number of amides is 2. The molecular weight excluding hydrogens is 276 g/mol. The summed E-state index contributed by atoms with van der Waals surface area (Å²) in [6.45, 7) is 3.49. The zero-order valence-corrected chi connectivity index (χ0v) is 13.4. The molecule has 118 valence electrons. The molecule has 1 aromatic carbocycles. The summed E-state index contributed by atoms with van der Waals surface area (Å²) in [5, 5.41) is 2.80. The number of rotatable bonds is 2. The minimum Gasteiger partial charge on any atom is -0.359 e. The highest BCUT2D eigenvalue weighted by molar-refractivity contribution is 5.94. The number of carbonyl (C=O) groups excluding carboxylic acids is 2. The highest BCUT2D eigenvalue weighted by atomic mass is 16.2. The van der Waals surface area contributed by atoms with Gasteiger partial charge < -0.3 is 10.2 Å². The lowest BCUT2D eigenvalue weighted by molar-refractivity contribution is -0.127. The highest BCUT2D eigenvalue weighted by Crippen LogP contribution is 2.50. The highest BCUT2D eigenvalue weighted by Gasteiger charge is 2.51. The molecule has 2 fully saturated rings. The van der Waals surface area contributed by atoms with Gasteiger partial charge in [0.25, 0.3) is 5.91 Å². The van der Waals surface area contributed by atoms with Crippen molar-refractivity contribution in [2.24, 2.45) is 11.3 Å². The molecule has 2 aliphatic rings. The fraction of sp³-hybridized carbons (Fsp3) is 0.556. The van der Waals surface area contributed by atoms with E-state index in [4.69, 9.17) is 0 Å². The summed E-state index contributed by atoms with van der Waals surface area (Å²) in [7, 11) is 1.71. The molecule has 1 N–H and O–H groups in total. The lowest BCUT2D eigenvalue weighted by Crippen LogP contribution is -2.40. The van der Waals surface area contributed by atoms with Gasteiger partial charge in [0.1, 0.15) is 0 Å². The number of hydrogen-bond acceptors (Lipinski definition) is 2. The van der Waals surface area contributed by atoms with Crippen molar-refractivity contribution >= 4 is 11.8 Å². The van der Waals surface area contributed by atoms with Crippen molar-refractivity contribution in [1.82, 2.24) is 10.2 Å². The third kappa shape index (κ3) is 2.51. The molecule has 1 aliphatic heterocycles. The molecule has 1 aliphatic carbocycles. The Morgan fingerprint density at radius 3 is 2.86 bits per heavy atom. The van der Waals surface area contributed by atoms with Gasteiger partial charge in [0, 0.05) is 37.0 Å². The summed E-state index contributed by atoms with van der Waals surface area (Å²) < 4.78 is 0. The Kier molecular flexibility index (Phi) is 3.94. The van der Waals surface area contributed by atoms with Crippen LogP contribution in [-0.4, -0.2) is 36.9 Å². The van der Waals surface area contributed by atoms with E-state index in [0.717, 1.165) is 49.9 Å². The number of nitrogens with one attached hydrogen (secondary N) is 1. The molecule has 0 unspecified atom stereocenters. The van der Waals surface area contributed by atoms with Crippen LogP contribution in [0.15, 0.2) is 24.3 Å². The van der Waals surface area contributed by atoms with Crippen LogP contribution in [0.25, 0.3) is 0 Å². The van der Waals surface area contributed by atoms with Crippen molar-refractivity contribution in [3.63, 3.8) is 0 Å². The number of benzene rings is 1. The van der Waals surface area contributed by atoms with Crippen LogP contribution in [0.3, 0.4) is 0 Å². The fourth-order valence-corrected chi connectivity index (χ4v) is 4.24. The molecule has 1 aromatic rings. The van der Waals surface area contributed by atoms with Crippen molar-refractivity contribution in [3.8, 4) is 0 Å². The molecular formula is C18H24N2O2. The summed E-state index contributed by atoms with van der Waals surface area (Å²) in [6, 6.07) is 7.75. The summed E-state index contributed by atoms with van der Waals surface area (Å²) in [4.78, 5) is 26.8. The number of hydrogen-bond donors (Lipinski definition) is 1. The molecule has 1 spiro atoms. The second-order valence-corrected chi connectivity index (χ2v) is 6.77. The summed E-state index contributed by atoms with van der Waals surface area (Å²) in [5.41, 5.74) is 1.86. The van der Waals surface area contributed by atoms with Gasteiger partial charge in [-0.15, -0.1) is 0 Å². The second kappa shape index (κ2) is 5.75. The molecule has 1 heterocycles. The lowest BCUT2D eigenvalue weighted by atomic mass is 9.76. The predicted octanol–water partition coefficient (Wildman–Crippen LogP) is 2.37. The molecule has 0 bridgehead atoms. The van der Waals surface area contributed by atoms with Crippen LogP contribution >= 0.6 is 0 Å². The topological polar surface area (TPSA) is 49.4 Å². The van der Waals surface area contributed by atoms with Crippen molar-refractivity contribution in [3.05, 3.63) is 35.4 Å². The molecule has 0 aromatic heterocycles. The van der Waals surface area contributed by atoms with Crippen molar-refractivity contribution < 1.29 is 9.59 Å². The van der Waals surface area contributed by atoms with Gasteiger partial charge in [-0.25, -0.2) is 0 Å². The summed E-state index contributed by atoms with van der Waals surface area (Å²) in [5.74, 6) is 0.304. The SMILES string of the molecule is CNC(=O)[C@H]1CCC[C@]12CCN(C(=O)c1cccc(C)c1)C2. The van der Waals surface area contributed by atoms with Crippen LogP contribution in [0.4, 0.5) is 0 Å². The molecule has 22 heavy (non-hydrogen) atoms. The van der Waals surface area contributed by atoms with Gasteiger partial charge in [-0.2, -0.15) is 0 Å². The van der Waals surface area contributed by atoms with Gasteiger partial charge >= 0.3 is 0 Å². The van der Waals surface area contributed by atoms with E-state index >= 15 is 0 Å². The van der Waals surface area contributed by atoms with E-state index < -0.39 is 0 Å². The summed E-state index contributed by atoms with van der Waals surface area (Å²) >= 11 is 0. The van der Waals surface area contributed by atoms with Crippen molar-refractivity contribution in [1.29, 1.82) is 0 Å². The van der Waals surface area contributed by atoms with Gasteiger partial charge in [-0.05, 0) is 38.3 Å². The number of likely N-dealkylation sites (tertiary alicyclic amines) is 1. The molecule has 4 nitrogen and oxygen atoms in total. The number of carbonyl (C=O) groups is 2. The van der Waals surface area contributed by atoms with Crippen LogP contribution in [0.1, 0.15) is 41.6 Å². The van der Waals surface area contributed by atoms with E-state index in [1.165, 1.54) is 0 Å². The second-order valence-electron chi connectivity index (χ2n) is 6.77. The zero-order valence-electron chi connectivity index (χ0n) is 13.4. The average Bonchev–Trinajstić information content (AvgIpc) is 3.13. The number of aryl methyl sites for hydroxylation is 1. The minimum atomic E-state index is -0.000418. The van der Waals surface area contributed by atoms with E-state index in [1.807, 2.05) is 36.1 Å². The Bertz CT molecular complexity index is 599. The van der Waals surface area contributed by atoms with E-state index in [0.29, 0.717) is 0 Å². The fourth-order valence-electron chi connectivity index (χ4n) is 4.24. The number of nitrogens with zero attached hydrogens (tertiary/aromatic N) is 1. The molecule has 4 heteroatoms. The monoisotopic (exact) mass is 300 g/mol. The molecule has 2 amide bonds. The predicted molar refractivity (Wildman–Crippen MR) is 85.5 cm³/mol. The van der Waals surface area contributed by atoms with E-state index in [1.54, 1.807) is 7.05 Å².